The Labute approximate surface area is 148 Å². The second-order valence-electron chi connectivity index (χ2n) is 4.53. The van der Waals surface area contributed by atoms with E-state index in [9.17, 15) is 4.39 Å². The number of aryl methyl sites for hydroxylation is 1. The summed E-state index contributed by atoms with van der Waals surface area (Å²) in [6.45, 7) is 0. The second kappa shape index (κ2) is 6.22. The molecule has 0 saturated heterocycles. The van der Waals surface area contributed by atoms with Crippen LogP contribution in [-0.4, -0.2) is 15.4 Å². The van der Waals surface area contributed by atoms with Crippen LogP contribution in [0.25, 0.3) is 16.7 Å². The van der Waals surface area contributed by atoms with Gasteiger partial charge in [0.15, 0.2) is 0 Å². The molecule has 1 aromatic heterocycles. The minimum absolute atomic E-state index is 0.295. The van der Waals surface area contributed by atoms with Gasteiger partial charge in [-0.25, -0.2) is 9.37 Å². The number of halogens is 4. The Morgan fingerprint density at radius 3 is 2.76 bits per heavy atom. The number of fused-ring (bicyclic) bond motifs is 1. The summed E-state index contributed by atoms with van der Waals surface area (Å²) in [5.41, 5.74) is 2.60. The second-order valence-corrected chi connectivity index (χ2v) is 7.01. The highest BCUT2D eigenvalue weighted by molar-refractivity contribution is 14.1. The monoisotopic (exact) mass is 478 g/mol. The molecule has 3 rings (SSSR count). The summed E-state index contributed by atoms with van der Waals surface area (Å²) < 4.78 is 17.4. The van der Waals surface area contributed by atoms with Crippen LogP contribution in [-0.2, 0) is 6.42 Å². The lowest BCUT2D eigenvalue weighted by Crippen LogP contribution is -2.02. The molecule has 0 aliphatic carbocycles. The molecular formula is C15H10BrClFIN2. The van der Waals surface area contributed by atoms with Crippen molar-refractivity contribution in [1.29, 1.82) is 0 Å². The van der Waals surface area contributed by atoms with E-state index in [1.54, 1.807) is 6.07 Å². The van der Waals surface area contributed by atoms with Crippen molar-refractivity contribution in [2.75, 3.05) is 5.88 Å². The zero-order valence-corrected chi connectivity index (χ0v) is 15.3. The van der Waals surface area contributed by atoms with Gasteiger partial charge in [-0.1, -0.05) is 0 Å². The third-order valence-electron chi connectivity index (χ3n) is 3.17. The zero-order chi connectivity index (χ0) is 15.0. The highest BCUT2D eigenvalue weighted by Crippen LogP contribution is 2.26. The average Bonchev–Trinajstić information content (AvgIpc) is 2.79. The average molecular weight is 480 g/mol. The first kappa shape index (κ1) is 15.2. The van der Waals surface area contributed by atoms with Gasteiger partial charge in [-0.3, -0.25) is 4.57 Å². The first-order chi connectivity index (χ1) is 10.1. The van der Waals surface area contributed by atoms with E-state index < -0.39 is 0 Å². The van der Waals surface area contributed by atoms with Crippen LogP contribution in [0.3, 0.4) is 0 Å². The molecule has 2 aromatic carbocycles. The quantitative estimate of drug-likeness (QED) is 0.368. The molecule has 0 atom stereocenters. The van der Waals surface area contributed by atoms with Gasteiger partial charge in [-0.2, -0.15) is 0 Å². The van der Waals surface area contributed by atoms with Crippen molar-refractivity contribution in [3.63, 3.8) is 0 Å². The van der Waals surface area contributed by atoms with Gasteiger partial charge in [-0.05, 0) is 74.9 Å². The summed E-state index contributed by atoms with van der Waals surface area (Å²) in [7, 11) is 0. The summed E-state index contributed by atoms with van der Waals surface area (Å²) in [4.78, 5) is 4.63. The molecule has 1 heterocycles. The van der Waals surface area contributed by atoms with E-state index in [1.807, 2.05) is 28.8 Å². The molecule has 0 saturated carbocycles. The van der Waals surface area contributed by atoms with Crippen molar-refractivity contribution in [2.24, 2.45) is 0 Å². The van der Waals surface area contributed by atoms with E-state index >= 15 is 0 Å². The number of hydrogen-bond donors (Lipinski definition) is 0. The number of alkyl halides is 1. The van der Waals surface area contributed by atoms with Crippen molar-refractivity contribution in [3.05, 3.63) is 56.1 Å². The third kappa shape index (κ3) is 2.96. The van der Waals surface area contributed by atoms with Crippen molar-refractivity contribution >= 4 is 61.2 Å². The van der Waals surface area contributed by atoms with Gasteiger partial charge < -0.3 is 0 Å². The van der Waals surface area contributed by atoms with Gasteiger partial charge >= 0.3 is 0 Å². The van der Waals surface area contributed by atoms with Crippen LogP contribution in [0.4, 0.5) is 4.39 Å². The number of nitrogens with zero attached hydrogens (tertiary/aromatic N) is 2. The molecular weight excluding hydrogens is 469 g/mol. The van der Waals surface area contributed by atoms with Crippen molar-refractivity contribution in [1.82, 2.24) is 9.55 Å². The fraction of sp³-hybridized carbons (Fsp3) is 0.133. The maximum absolute atomic E-state index is 13.8. The predicted octanol–water partition coefficient (Wildman–Crippen LogP) is 5.31. The topological polar surface area (TPSA) is 17.8 Å². The normalized spacial score (nSPS) is 11.2. The lowest BCUT2D eigenvalue weighted by Gasteiger charge is -2.09. The van der Waals surface area contributed by atoms with E-state index in [-0.39, 0.29) is 5.82 Å². The van der Waals surface area contributed by atoms with Crippen molar-refractivity contribution in [2.45, 2.75) is 6.42 Å². The SMILES string of the molecule is Fc1cc(-n2c(CCCl)nc3cc(I)ccc32)ccc1Br. The lowest BCUT2D eigenvalue weighted by atomic mass is 10.2. The summed E-state index contributed by atoms with van der Waals surface area (Å²) >= 11 is 11.3. The van der Waals surface area contributed by atoms with Gasteiger partial charge in [0, 0.05) is 15.9 Å². The Balaban J connectivity index is 2.27. The maximum atomic E-state index is 13.8. The molecule has 0 aliphatic heterocycles. The molecule has 0 fully saturated rings. The zero-order valence-electron chi connectivity index (χ0n) is 10.8. The molecule has 0 bridgehead atoms. The number of aromatic nitrogens is 2. The predicted molar refractivity (Wildman–Crippen MR) is 95.9 cm³/mol. The Kier molecular flexibility index (Phi) is 4.51. The van der Waals surface area contributed by atoms with Crippen LogP contribution in [0.5, 0.6) is 0 Å². The Morgan fingerprint density at radius 1 is 1.24 bits per heavy atom. The number of benzene rings is 2. The van der Waals surface area contributed by atoms with Crippen LogP contribution >= 0.6 is 50.1 Å². The Morgan fingerprint density at radius 2 is 2.05 bits per heavy atom. The summed E-state index contributed by atoms with van der Waals surface area (Å²) in [6, 6.07) is 11.1. The van der Waals surface area contributed by atoms with E-state index in [0.717, 1.165) is 26.1 Å². The first-order valence-electron chi connectivity index (χ1n) is 6.28. The van der Waals surface area contributed by atoms with Crippen LogP contribution < -0.4 is 0 Å². The van der Waals surface area contributed by atoms with Crippen molar-refractivity contribution < 1.29 is 4.39 Å². The largest absolute Gasteiger partial charge is 0.296 e. The van der Waals surface area contributed by atoms with Crippen LogP contribution in [0.2, 0.25) is 0 Å². The molecule has 0 unspecified atom stereocenters. The molecule has 0 spiro atoms. The molecule has 3 aromatic rings. The van der Waals surface area contributed by atoms with Gasteiger partial charge in [0.25, 0.3) is 0 Å². The standard InChI is InChI=1S/C15H10BrClFIN2/c16-11-3-2-10(8-12(11)18)21-14-4-1-9(19)7-13(14)20-15(21)5-6-17/h1-4,7-8H,5-6H2. The van der Waals surface area contributed by atoms with Crippen molar-refractivity contribution in [3.8, 4) is 5.69 Å². The molecule has 0 radical (unpaired) electrons. The van der Waals surface area contributed by atoms with Gasteiger partial charge in [0.1, 0.15) is 11.6 Å². The molecule has 6 heteroatoms. The van der Waals surface area contributed by atoms with Crippen LogP contribution in [0, 0.1) is 9.39 Å². The molecule has 108 valence electrons. The Bertz CT molecular complexity index is 819. The third-order valence-corrected chi connectivity index (χ3v) is 4.67. The molecule has 21 heavy (non-hydrogen) atoms. The highest BCUT2D eigenvalue weighted by Gasteiger charge is 2.13. The molecule has 0 N–H and O–H groups in total. The van der Waals surface area contributed by atoms with Crippen LogP contribution in [0.1, 0.15) is 5.82 Å². The van der Waals surface area contributed by atoms with E-state index in [4.69, 9.17) is 11.6 Å². The minimum atomic E-state index is -0.295. The van der Waals surface area contributed by atoms with Gasteiger partial charge in [0.2, 0.25) is 0 Å². The smallest absolute Gasteiger partial charge is 0.139 e. The van der Waals surface area contributed by atoms with Crippen LogP contribution in [0.15, 0.2) is 40.9 Å². The summed E-state index contributed by atoms with van der Waals surface area (Å²) in [5.74, 6) is 1.01. The molecule has 2 nitrogen and oxygen atoms in total. The number of imidazole rings is 1. The molecule has 0 aliphatic rings. The van der Waals surface area contributed by atoms with Gasteiger partial charge in [0.05, 0.1) is 21.2 Å². The maximum Gasteiger partial charge on any atom is 0.139 e. The lowest BCUT2D eigenvalue weighted by molar-refractivity contribution is 0.619. The van der Waals surface area contributed by atoms with Gasteiger partial charge in [-0.15, -0.1) is 11.6 Å². The molecule has 0 amide bonds. The minimum Gasteiger partial charge on any atom is -0.296 e. The summed E-state index contributed by atoms with van der Waals surface area (Å²) in [5, 5.41) is 0. The Hall–Kier alpha value is -0.660. The van der Waals surface area contributed by atoms with E-state index in [0.29, 0.717) is 16.8 Å². The first-order valence-corrected chi connectivity index (χ1v) is 8.69. The fourth-order valence-corrected chi connectivity index (χ4v) is 3.16. The highest BCUT2D eigenvalue weighted by atomic mass is 127. The number of rotatable bonds is 3. The van der Waals surface area contributed by atoms with E-state index in [1.165, 1.54) is 6.07 Å². The fourth-order valence-electron chi connectivity index (χ4n) is 2.27. The summed E-state index contributed by atoms with van der Waals surface area (Å²) in [6.07, 6.45) is 0.629. The number of hydrogen-bond acceptors (Lipinski definition) is 1. The van der Waals surface area contributed by atoms with E-state index in [2.05, 4.69) is 43.5 Å².